The lowest BCUT2D eigenvalue weighted by Gasteiger charge is -2.24. The summed E-state index contributed by atoms with van der Waals surface area (Å²) >= 11 is 0. The number of rotatable bonds is 2. The number of methoxy groups -OCH3 is 1. The number of fused-ring (bicyclic) bond motifs is 2. The number of hydrogen-bond donors (Lipinski definition) is 0. The molecular weight excluding hydrogens is 124 g/mol. The van der Waals surface area contributed by atoms with Gasteiger partial charge >= 0.3 is 0 Å². The van der Waals surface area contributed by atoms with Crippen molar-refractivity contribution in [3.8, 4) is 0 Å². The maximum atomic E-state index is 8.03. The van der Waals surface area contributed by atoms with Gasteiger partial charge in [-0.15, -0.1) is 0 Å². The van der Waals surface area contributed by atoms with Crippen molar-refractivity contribution in [1.82, 2.24) is 0 Å². The Kier molecular flexibility index (Phi) is 0.796. The van der Waals surface area contributed by atoms with E-state index < -0.39 is 7.04 Å². The van der Waals surface area contributed by atoms with E-state index in [0.717, 1.165) is 32.1 Å². The highest BCUT2D eigenvalue weighted by atomic mass is 16.5. The van der Waals surface area contributed by atoms with Gasteiger partial charge in [-0.25, -0.2) is 0 Å². The van der Waals surface area contributed by atoms with Crippen molar-refractivity contribution in [1.29, 1.82) is 0 Å². The smallest absolute Gasteiger partial charge is 0.0530 e. The fourth-order valence-corrected chi connectivity index (χ4v) is 2.37. The number of hydrogen-bond acceptors (Lipinski definition) is 1. The van der Waals surface area contributed by atoms with Crippen molar-refractivity contribution >= 4 is 0 Å². The summed E-state index contributed by atoms with van der Waals surface area (Å²) in [5, 5.41) is 0. The summed E-state index contributed by atoms with van der Waals surface area (Å²) in [5.74, 6) is -0.266. The second-order valence-corrected chi connectivity index (χ2v) is 3.72. The largest absolute Gasteiger partial charge is 0.384 e. The lowest BCUT2D eigenvalue weighted by Crippen LogP contribution is -2.20. The first-order valence-corrected chi connectivity index (χ1v) is 3.97. The maximum Gasteiger partial charge on any atom is 0.0530 e. The number of ether oxygens (including phenoxy) is 1. The summed E-state index contributed by atoms with van der Waals surface area (Å²) in [6.07, 6.45) is 4.59. The molecule has 0 unspecified atom stereocenters. The summed E-state index contributed by atoms with van der Waals surface area (Å²) in [4.78, 5) is 0. The highest BCUT2D eigenvalue weighted by Crippen LogP contribution is 2.53. The molecule has 2 rings (SSSR count). The molecule has 0 aliphatic heterocycles. The van der Waals surface area contributed by atoms with Crippen LogP contribution in [0.4, 0.5) is 0 Å². The van der Waals surface area contributed by atoms with Crippen molar-refractivity contribution in [2.75, 3.05) is 13.6 Å². The molecule has 1 nitrogen and oxygen atoms in total. The van der Waals surface area contributed by atoms with E-state index in [1.165, 1.54) is 0 Å². The Bertz CT molecular complexity index is 227. The van der Waals surface area contributed by atoms with E-state index in [1.807, 2.05) is 0 Å². The monoisotopic (exact) mass is 144 g/mol. The van der Waals surface area contributed by atoms with Crippen LogP contribution >= 0.6 is 0 Å². The molecule has 1 heteroatoms. The Morgan fingerprint density at radius 3 is 3.00 bits per heavy atom. The van der Waals surface area contributed by atoms with Gasteiger partial charge in [-0.3, -0.25) is 0 Å². The van der Waals surface area contributed by atoms with Crippen molar-refractivity contribution < 1.29 is 10.2 Å². The summed E-state index contributed by atoms with van der Waals surface area (Å²) in [6, 6.07) is 0. The summed E-state index contributed by atoms with van der Waals surface area (Å²) in [5.41, 5.74) is 0.0101. The first-order valence-electron chi connectivity index (χ1n) is 5.97. The predicted molar refractivity (Wildman–Crippen MR) is 40.9 cm³/mol. The maximum absolute atomic E-state index is 8.03. The summed E-state index contributed by atoms with van der Waals surface area (Å²) in [6.45, 7) is 0.310. The molecule has 2 bridgehead atoms. The normalized spacial score (nSPS) is 59.2. The van der Waals surface area contributed by atoms with Crippen LogP contribution in [0.3, 0.4) is 0 Å². The second-order valence-electron chi connectivity index (χ2n) is 3.72. The van der Waals surface area contributed by atoms with Crippen LogP contribution in [0.1, 0.15) is 37.6 Å². The zero-order chi connectivity index (χ0) is 10.4. The van der Waals surface area contributed by atoms with Gasteiger partial charge in [0, 0.05) is 8.41 Å². The highest BCUT2D eigenvalue weighted by molar-refractivity contribution is 4.95. The molecule has 2 saturated carbocycles. The fraction of sp³-hybridized carbons (Fsp3) is 1.00. The third-order valence-corrected chi connectivity index (χ3v) is 3.02. The Labute approximate surface area is 68.4 Å². The molecular formula is C9H16O. The van der Waals surface area contributed by atoms with Crippen LogP contribution in [0.25, 0.3) is 0 Å². The van der Waals surface area contributed by atoms with Gasteiger partial charge in [0.2, 0.25) is 0 Å². The average Bonchev–Trinajstić information content (AvgIpc) is 2.54. The topological polar surface area (TPSA) is 9.23 Å². The van der Waals surface area contributed by atoms with Crippen LogP contribution in [0, 0.1) is 11.3 Å². The first kappa shape index (κ1) is 3.57. The molecule has 0 atom stereocenters. The highest BCUT2D eigenvalue weighted by Gasteiger charge is 2.44. The van der Waals surface area contributed by atoms with Crippen LogP contribution in [0.15, 0.2) is 0 Å². The lowest BCUT2D eigenvalue weighted by molar-refractivity contribution is 0.0860. The predicted octanol–water partition coefficient (Wildman–Crippen LogP) is 2.21. The van der Waals surface area contributed by atoms with Gasteiger partial charge < -0.3 is 4.74 Å². The minimum atomic E-state index is -2.27. The molecule has 0 radical (unpaired) electrons. The molecule has 0 aromatic rings. The van der Waals surface area contributed by atoms with E-state index >= 15 is 0 Å². The van der Waals surface area contributed by atoms with Crippen molar-refractivity contribution in [3.05, 3.63) is 0 Å². The van der Waals surface area contributed by atoms with Crippen molar-refractivity contribution in [3.63, 3.8) is 0 Å². The zero-order valence-corrected chi connectivity index (χ0v) is 6.15. The van der Waals surface area contributed by atoms with Crippen LogP contribution in [0.5, 0.6) is 0 Å². The quantitative estimate of drug-likeness (QED) is 0.577. The van der Waals surface area contributed by atoms with Crippen molar-refractivity contribution in [2.24, 2.45) is 11.3 Å². The Morgan fingerprint density at radius 1 is 1.70 bits per heavy atom. The van der Waals surface area contributed by atoms with Gasteiger partial charge in [0.15, 0.2) is 0 Å². The summed E-state index contributed by atoms with van der Waals surface area (Å²) in [7, 11) is -2.27. The summed E-state index contributed by atoms with van der Waals surface area (Å²) < 4.78 is 33.9. The van der Waals surface area contributed by atoms with E-state index in [-0.39, 0.29) is 11.3 Å². The van der Waals surface area contributed by atoms with Crippen LogP contribution in [-0.4, -0.2) is 13.6 Å². The SMILES string of the molecule is [2H]C12CCC(COC([2H])([2H])[2H])(CC1)C2. The van der Waals surface area contributed by atoms with Gasteiger partial charge in [-0.2, -0.15) is 0 Å². The molecule has 10 heavy (non-hydrogen) atoms. The minimum Gasteiger partial charge on any atom is -0.384 e. The Morgan fingerprint density at radius 2 is 2.50 bits per heavy atom. The molecule has 58 valence electrons. The third-order valence-electron chi connectivity index (χ3n) is 3.02. The molecule has 0 spiro atoms. The second kappa shape index (κ2) is 2.23. The van der Waals surface area contributed by atoms with Gasteiger partial charge in [-0.1, -0.05) is 0 Å². The molecule has 2 fully saturated rings. The Balaban J connectivity index is 1.93. The first-order chi connectivity index (χ1) is 6.33. The molecule has 0 aromatic carbocycles. The van der Waals surface area contributed by atoms with E-state index in [4.69, 9.17) is 10.2 Å². The minimum absolute atomic E-state index is 0.0101. The molecule has 0 aromatic heterocycles. The Hall–Kier alpha value is -0.0400. The van der Waals surface area contributed by atoms with E-state index in [2.05, 4.69) is 0 Å². The molecule has 0 saturated heterocycles. The van der Waals surface area contributed by atoms with Crippen LogP contribution in [0.2, 0.25) is 0 Å². The van der Waals surface area contributed by atoms with Crippen LogP contribution < -0.4 is 0 Å². The molecule has 0 amide bonds. The lowest BCUT2D eigenvalue weighted by atomic mass is 9.85. The van der Waals surface area contributed by atoms with Crippen molar-refractivity contribution in [2.45, 2.75) is 32.1 Å². The molecule has 0 N–H and O–H groups in total. The van der Waals surface area contributed by atoms with E-state index in [9.17, 15) is 0 Å². The van der Waals surface area contributed by atoms with Gasteiger partial charge in [0.25, 0.3) is 0 Å². The van der Waals surface area contributed by atoms with Gasteiger partial charge in [-0.05, 0) is 43.4 Å². The molecule has 0 heterocycles. The standard InChI is InChI=1S/C9H16O/c1-10-7-9-4-2-8(6-9)3-5-9/h8H,2-7H2,1H3/i1D3,8D. The zero-order valence-electron chi connectivity index (χ0n) is 10.2. The van der Waals surface area contributed by atoms with E-state index in [0.29, 0.717) is 6.61 Å². The third kappa shape index (κ3) is 0.878. The van der Waals surface area contributed by atoms with Crippen LogP contribution in [-0.2, 0) is 4.74 Å². The van der Waals surface area contributed by atoms with E-state index in [1.54, 1.807) is 0 Å². The fourth-order valence-electron chi connectivity index (χ4n) is 2.37. The van der Waals surface area contributed by atoms with Gasteiger partial charge in [0.05, 0.1) is 10.7 Å². The molecule has 2 aliphatic carbocycles. The van der Waals surface area contributed by atoms with Gasteiger partial charge in [0.1, 0.15) is 0 Å². The molecule has 2 aliphatic rings. The average molecular weight is 144 g/mol.